The lowest BCUT2D eigenvalue weighted by Gasteiger charge is -2.10. The predicted octanol–water partition coefficient (Wildman–Crippen LogP) is 3.00. The largest absolute Gasteiger partial charge is 0.363 e. The summed E-state index contributed by atoms with van der Waals surface area (Å²) >= 11 is 5.83. The first-order valence-electron chi connectivity index (χ1n) is 5.50. The van der Waals surface area contributed by atoms with Gasteiger partial charge in [0.05, 0.1) is 0 Å². The van der Waals surface area contributed by atoms with E-state index in [1.807, 2.05) is 11.9 Å². The molecular formula is C12H14ClN3O. The highest BCUT2D eigenvalue weighted by Crippen LogP contribution is 2.15. The van der Waals surface area contributed by atoms with Gasteiger partial charge >= 0.3 is 6.03 Å². The molecule has 1 fully saturated rings. The van der Waals surface area contributed by atoms with E-state index in [9.17, 15) is 4.79 Å². The van der Waals surface area contributed by atoms with E-state index < -0.39 is 0 Å². The molecule has 0 unspecified atom stereocenters. The Kier molecular flexibility index (Phi) is 3.64. The minimum Gasteiger partial charge on any atom is -0.363 e. The molecule has 1 N–H and O–H groups in total. The summed E-state index contributed by atoms with van der Waals surface area (Å²) in [5.41, 5.74) is 0.660. The number of hydrogen-bond acceptors (Lipinski definition) is 1. The molecule has 0 radical (unpaired) electrons. The molecule has 1 aliphatic rings. The number of aliphatic imine (C=N–C) groups is 1. The highest BCUT2D eigenvalue weighted by atomic mass is 35.5. The number of nitrogens with one attached hydrogen (secondary N) is 1. The fourth-order valence-corrected chi connectivity index (χ4v) is 1.96. The molecule has 5 heteroatoms. The summed E-state index contributed by atoms with van der Waals surface area (Å²) in [5, 5.41) is 3.28. The van der Waals surface area contributed by atoms with Gasteiger partial charge in [0.15, 0.2) is 0 Å². The van der Waals surface area contributed by atoms with Crippen molar-refractivity contribution in [3.63, 3.8) is 0 Å². The summed E-state index contributed by atoms with van der Waals surface area (Å²) in [6.07, 6.45) is 1.92. The number of amidine groups is 1. The summed E-state index contributed by atoms with van der Waals surface area (Å²) < 4.78 is 0. The van der Waals surface area contributed by atoms with Gasteiger partial charge in [0.2, 0.25) is 0 Å². The zero-order valence-electron chi connectivity index (χ0n) is 9.61. The van der Waals surface area contributed by atoms with E-state index in [4.69, 9.17) is 11.6 Å². The summed E-state index contributed by atoms with van der Waals surface area (Å²) in [6, 6.07) is 6.66. The Morgan fingerprint density at radius 2 is 2.35 bits per heavy atom. The highest BCUT2D eigenvalue weighted by Gasteiger charge is 2.15. The summed E-state index contributed by atoms with van der Waals surface area (Å²) in [7, 11) is 1.94. The maximum absolute atomic E-state index is 11.7. The molecule has 1 saturated heterocycles. The van der Waals surface area contributed by atoms with Gasteiger partial charge in [-0.05, 0) is 24.6 Å². The first-order chi connectivity index (χ1) is 8.15. The third-order valence-electron chi connectivity index (χ3n) is 2.64. The van der Waals surface area contributed by atoms with Crippen LogP contribution in [0, 0.1) is 0 Å². The number of anilines is 1. The summed E-state index contributed by atoms with van der Waals surface area (Å²) in [6.45, 7) is 0.962. The zero-order chi connectivity index (χ0) is 12.3. The van der Waals surface area contributed by atoms with Crippen molar-refractivity contribution >= 4 is 29.2 Å². The van der Waals surface area contributed by atoms with Crippen LogP contribution in [-0.4, -0.2) is 30.4 Å². The lowest BCUT2D eigenvalue weighted by Crippen LogP contribution is -2.21. The number of carbonyl (C=O) groups excluding carboxylic acids is 1. The van der Waals surface area contributed by atoms with E-state index >= 15 is 0 Å². The van der Waals surface area contributed by atoms with Crippen LogP contribution >= 0.6 is 11.6 Å². The van der Waals surface area contributed by atoms with Gasteiger partial charge in [-0.25, -0.2) is 4.79 Å². The molecule has 90 valence electrons. The number of halogens is 1. The van der Waals surface area contributed by atoms with Gasteiger partial charge in [0.1, 0.15) is 5.84 Å². The number of carbonyl (C=O) groups is 1. The normalized spacial score (nSPS) is 17.5. The predicted molar refractivity (Wildman–Crippen MR) is 69.8 cm³/mol. The molecule has 0 aliphatic carbocycles. The summed E-state index contributed by atoms with van der Waals surface area (Å²) in [5.74, 6) is 0.838. The van der Waals surface area contributed by atoms with Gasteiger partial charge in [-0.15, -0.1) is 0 Å². The lowest BCUT2D eigenvalue weighted by molar-refractivity contribution is 0.259. The first kappa shape index (κ1) is 11.9. The lowest BCUT2D eigenvalue weighted by atomic mass is 10.3. The smallest absolute Gasteiger partial charge is 0.347 e. The van der Waals surface area contributed by atoms with E-state index in [1.54, 1.807) is 24.3 Å². The molecule has 1 aliphatic heterocycles. The van der Waals surface area contributed by atoms with Crippen molar-refractivity contribution in [2.45, 2.75) is 12.8 Å². The molecule has 0 aromatic heterocycles. The van der Waals surface area contributed by atoms with Gasteiger partial charge in [0, 0.05) is 30.7 Å². The van der Waals surface area contributed by atoms with Crippen LogP contribution < -0.4 is 5.32 Å². The Hall–Kier alpha value is -1.55. The fraction of sp³-hybridized carbons (Fsp3) is 0.333. The average molecular weight is 252 g/mol. The zero-order valence-corrected chi connectivity index (χ0v) is 10.4. The minimum atomic E-state index is -0.351. The Morgan fingerprint density at radius 1 is 1.53 bits per heavy atom. The van der Waals surface area contributed by atoms with Crippen molar-refractivity contribution in [2.75, 3.05) is 18.9 Å². The van der Waals surface area contributed by atoms with E-state index in [-0.39, 0.29) is 6.03 Å². The molecule has 17 heavy (non-hydrogen) atoms. The van der Waals surface area contributed by atoms with Crippen molar-refractivity contribution in [2.24, 2.45) is 4.99 Å². The second-order valence-electron chi connectivity index (χ2n) is 3.99. The number of rotatable bonds is 1. The Labute approximate surface area is 105 Å². The van der Waals surface area contributed by atoms with E-state index in [0.717, 1.165) is 25.2 Å². The van der Waals surface area contributed by atoms with Crippen molar-refractivity contribution in [3.05, 3.63) is 29.3 Å². The second kappa shape index (κ2) is 5.19. The van der Waals surface area contributed by atoms with Crippen LogP contribution in [0.3, 0.4) is 0 Å². The van der Waals surface area contributed by atoms with Crippen LogP contribution in [0.1, 0.15) is 12.8 Å². The Balaban J connectivity index is 2.02. The fourth-order valence-electron chi connectivity index (χ4n) is 1.77. The molecule has 0 saturated carbocycles. The van der Waals surface area contributed by atoms with E-state index in [2.05, 4.69) is 10.3 Å². The number of likely N-dealkylation sites (tertiary alicyclic amines) is 1. The number of hydrogen-bond donors (Lipinski definition) is 1. The SMILES string of the molecule is CN1CCC/C1=N\C(=O)Nc1cccc(Cl)c1. The topological polar surface area (TPSA) is 44.7 Å². The van der Waals surface area contributed by atoms with Crippen molar-refractivity contribution < 1.29 is 4.79 Å². The van der Waals surface area contributed by atoms with Crippen molar-refractivity contribution in [3.8, 4) is 0 Å². The number of amides is 2. The first-order valence-corrected chi connectivity index (χ1v) is 5.88. The highest BCUT2D eigenvalue weighted by molar-refractivity contribution is 6.30. The molecule has 1 aromatic carbocycles. The standard InChI is InChI=1S/C12H14ClN3O/c1-16-7-3-6-11(16)15-12(17)14-10-5-2-4-9(13)8-10/h2,4-5,8H,3,6-7H2,1H3,(H,14,17)/b15-11+. The number of nitrogens with zero attached hydrogens (tertiary/aromatic N) is 2. The molecule has 0 bridgehead atoms. The molecular weight excluding hydrogens is 238 g/mol. The average Bonchev–Trinajstić information content (AvgIpc) is 2.64. The van der Waals surface area contributed by atoms with Crippen LogP contribution in [0.5, 0.6) is 0 Å². The minimum absolute atomic E-state index is 0.351. The van der Waals surface area contributed by atoms with E-state index in [0.29, 0.717) is 10.7 Å². The monoisotopic (exact) mass is 251 g/mol. The van der Waals surface area contributed by atoms with Crippen LogP contribution in [0.4, 0.5) is 10.5 Å². The van der Waals surface area contributed by atoms with Crippen LogP contribution in [0.25, 0.3) is 0 Å². The quantitative estimate of drug-likeness (QED) is 0.834. The molecule has 2 amide bonds. The number of urea groups is 1. The molecule has 4 nitrogen and oxygen atoms in total. The van der Waals surface area contributed by atoms with Gasteiger partial charge in [0.25, 0.3) is 0 Å². The second-order valence-corrected chi connectivity index (χ2v) is 4.43. The maximum atomic E-state index is 11.7. The van der Waals surface area contributed by atoms with Gasteiger partial charge in [-0.1, -0.05) is 17.7 Å². The van der Waals surface area contributed by atoms with Crippen LogP contribution in [0.15, 0.2) is 29.3 Å². The summed E-state index contributed by atoms with van der Waals surface area (Å²) in [4.78, 5) is 17.7. The van der Waals surface area contributed by atoms with Gasteiger partial charge in [-0.3, -0.25) is 0 Å². The Bertz CT molecular complexity index is 459. The van der Waals surface area contributed by atoms with Crippen LogP contribution in [-0.2, 0) is 0 Å². The molecule has 1 heterocycles. The molecule has 0 spiro atoms. The molecule has 0 atom stereocenters. The van der Waals surface area contributed by atoms with Gasteiger partial charge in [-0.2, -0.15) is 4.99 Å². The van der Waals surface area contributed by atoms with E-state index in [1.165, 1.54) is 0 Å². The Morgan fingerprint density at radius 3 is 3.00 bits per heavy atom. The van der Waals surface area contributed by atoms with Crippen LogP contribution in [0.2, 0.25) is 5.02 Å². The van der Waals surface area contributed by atoms with Crippen molar-refractivity contribution in [1.82, 2.24) is 4.90 Å². The molecule has 1 aromatic rings. The third-order valence-corrected chi connectivity index (χ3v) is 2.88. The maximum Gasteiger partial charge on any atom is 0.347 e. The van der Waals surface area contributed by atoms with Crippen molar-refractivity contribution in [1.29, 1.82) is 0 Å². The third kappa shape index (κ3) is 3.20. The van der Waals surface area contributed by atoms with Gasteiger partial charge < -0.3 is 10.2 Å². The number of benzene rings is 1. The molecule has 2 rings (SSSR count).